The van der Waals surface area contributed by atoms with Crippen LogP contribution in [-0.2, 0) is 0 Å². The van der Waals surface area contributed by atoms with Crippen LogP contribution in [0.2, 0.25) is 0 Å². The molecule has 0 radical (unpaired) electrons. The second-order valence-corrected chi connectivity index (χ2v) is 5.44. The monoisotopic (exact) mass is 291 g/mol. The van der Waals surface area contributed by atoms with Gasteiger partial charge in [-0.15, -0.1) is 11.6 Å². The molecule has 0 bridgehead atoms. The highest BCUT2D eigenvalue weighted by atomic mass is 35.5. The van der Waals surface area contributed by atoms with Crippen molar-refractivity contribution in [1.29, 1.82) is 0 Å². The van der Waals surface area contributed by atoms with Gasteiger partial charge in [0.25, 0.3) is 0 Å². The van der Waals surface area contributed by atoms with E-state index in [1.54, 1.807) is 12.1 Å². The summed E-state index contributed by atoms with van der Waals surface area (Å²) in [5.41, 5.74) is 0. The number of alkyl halides is 1. The van der Waals surface area contributed by atoms with Crippen LogP contribution in [0.15, 0.2) is 30.5 Å². The van der Waals surface area contributed by atoms with Crippen molar-refractivity contribution in [2.24, 2.45) is 0 Å². The number of piperazine rings is 1. The number of halogens is 1. The van der Waals surface area contributed by atoms with Crippen LogP contribution in [0.1, 0.15) is 0 Å². The SMILES string of the molecule is Oc1ccc2ccnc(N3CCN(CCCl)CC3)c2c1. The Morgan fingerprint density at radius 3 is 2.70 bits per heavy atom. The maximum atomic E-state index is 9.70. The van der Waals surface area contributed by atoms with Crippen molar-refractivity contribution in [3.63, 3.8) is 0 Å². The summed E-state index contributed by atoms with van der Waals surface area (Å²) < 4.78 is 0. The van der Waals surface area contributed by atoms with Crippen LogP contribution in [0, 0.1) is 0 Å². The summed E-state index contributed by atoms with van der Waals surface area (Å²) in [6.45, 7) is 4.84. The minimum atomic E-state index is 0.285. The number of phenols is 1. The van der Waals surface area contributed by atoms with Crippen molar-refractivity contribution >= 4 is 28.2 Å². The van der Waals surface area contributed by atoms with Gasteiger partial charge in [-0.2, -0.15) is 0 Å². The Hall–Kier alpha value is -1.52. The summed E-state index contributed by atoms with van der Waals surface area (Å²) in [6.07, 6.45) is 1.83. The predicted octanol–water partition coefficient (Wildman–Crippen LogP) is 2.30. The molecular formula is C15H18ClN3O. The number of fused-ring (bicyclic) bond motifs is 1. The standard InChI is InChI=1S/C15H18ClN3O/c16-4-6-18-7-9-19(10-8-18)15-14-11-13(20)2-1-12(14)3-5-17-15/h1-3,5,11,20H,4,6-10H2. The van der Waals surface area contributed by atoms with E-state index in [9.17, 15) is 5.11 Å². The van der Waals surface area contributed by atoms with Crippen LogP contribution in [-0.4, -0.2) is 53.6 Å². The first kappa shape index (κ1) is 13.5. The summed E-state index contributed by atoms with van der Waals surface area (Å²) in [5.74, 6) is 1.93. The number of anilines is 1. The van der Waals surface area contributed by atoms with E-state index in [1.807, 2.05) is 18.3 Å². The van der Waals surface area contributed by atoms with Gasteiger partial charge < -0.3 is 10.0 Å². The molecule has 1 saturated heterocycles. The molecule has 1 aromatic heterocycles. The van der Waals surface area contributed by atoms with Crippen LogP contribution >= 0.6 is 11.6 Å². The molecule has 1 N–H and O–H groups in total. The fraction of sp³-hybridized carbons (Fsp3) is 0.400. The number of benzene rings is 1. The van der Waals surface area contributed by atoms with Gasteiger partial charge >= 0.3 is 0 Å². The normalized spacial score (nSPS) is 16.8. The number of nitrogens with zero attached hydrogens (tertiary/aromatic N) is 3. The first-order valence-corrected chi connectivity index (χ1v) is 7.42. The van der Waals surface area contributed by atoms with Crippen molar-refractivity contribution in [1.82, 2.24) is 9.88 Å². The highest BCUT2D eigenvalue weighted by molar-refractivity contribution is 6.18. The molecular weight excluding hydrogens is 274 g/mol. The lowest BCUT2D eigenvalue weighted by molar-refractivity contribution is 0.272. The third-order valence-corrected chi connectivity index (χ3v) is 3.97. The zero-order chi connectivity index (χ0) is 13.9. The van der Waals surface area contributed by atoms with Gasteiger partial charge in [-0.1, -0.05) is 6.07 Å². The maximum Gasteiger partial charge on any atom is 0.136 e. The van der Waals surface area contributed by atoms with Gasteiger partial charge in [0.2, 0.25) is 0 Å². The smallest absolute Gasteiger partial charge is 0.136 e. The van der Waals surface area contributed by atoms with Crippen LogP contribution in [0.4, 0.5) is 5.82 Å². The van der Waals surface area contributed by atoms with Crippen molar-refractivity contribution < 1.29 is 5.11 Å². The molecule has 0 unspecified atom stereocenters. The molecule has 106 valence electrons. The molecule has 4 nitrogen and oxygen atoms in total. The first-order chi connectivity index (χ1) is 9.78. The van der Waals surface area contributed by atoms with Gasteiger partial charge in [0.15, 0.2) is 0 Å². The number of pyridine rings is 1. The number of aromatic nitrogens is 1. The summed E-state index contributed by atoms with van der Waals surface area (Å²) in [5, 5.41) is 11.8. The molecule has 0 spiro atoms. The summed E-state index contributed by atoms with van der Waals surface area (Å²) >= 11 is 5.79. The Morgan fingerprint density at radius 1 is 1.15 bits per heavy atom. The van der Waals surface area contributed by atoms with Crippen molar-refractivity contribution in [2.45, 2.75) is 0 Å². The van der Waals surface area contributed by atoms with E-state index in [0.29, 0.717) is 5.88 Å². The third-order valence-electron chi connectivity index (χ3n) is 3.80. The number of rotatable bonds is 3. The van der Waals surface area contributed by atoms with Gasteiger partial charge in [-0.3, -0.25) is 4.90 Å². The van der Waals surface area contributed by atoms with Gasteiger partial charge in [0.05, 0.1) is 0 Å². The summed E-state index contributed by atoms with van der Waals surface area (Å²) in [4.78, 5) is 9.16. The average molecular weight is 292 g/mol. The van der Waals surface area contributed by atoms with E-state index < -0.39 is 0 Å². The zero-order valence-corrected chi connectivity index (χ0v) is 12.1. The predicted molar refractivity (Wildman–Crippen MR) is 82.8 cm³/mol. The zero-order valence-electron chi connectivity index (χ0n) is 11.3. The van der Waals surface area contributed by atoms with Crippen molar-refractivity contribution in [3.8, 4) is 5.75 Å². The lowest BCUT2D eigenvalue weighted by atomic mass is 10.1. The van der Waals surface area contributed by atoms with Gasteiger partial charge in [-0.25, -0.2) is 4.98 Å². The summed E-state index contributed by atoms with van der Waals surface area (Å²) in [7, 11) is 0. The minimum Gasteiger partial charge on any atom is -0.508 e. The van der Waals surface area contributed by atoms with E-state index in [1.165, 1.54) is 0 Å². The second kappa shape index (κ2) is 5.85. The molecule has 1 aromatic carbocycles. The molecule has 2 heterocycles. The Labute approximate surface area is 123 Å². The Morgan fingerprint density at radius 2 is 1.95 bits per heavy atom. The van der Waals surface area contributed by atoms with E-state index in [2.05, 4.69) is 14.8 Å². The second-order valence-electron chi connectivity index (χ2n) is 5.06. The van der Waals surface area contributed by atoms with Crippen molar-refractivity contribution in [3.05, 3.63) is 30.5 Å². The molecule has 20 heavy (non-hydrogen) atoms. The average Bonchev–Trinajstić information content (AvgIpc) is 2.48. The van der Waals surface area contributed by atoms with Gasteiger partial charge in [0, 0.05) is 50.2 Å². The molecule has 2 aromatic rings. The molecule has 3 rings (SSSR count). The molecule has 1 aliphatic rings. The topological polar surface area (TPSA) is 39.6 Å². The number of aromatic hydroxyl groups is 1. The molecule has 1 fully saturated rings. The molecule has 1 aliphatic heterocycles. The highest BCUT2D eigenvalue weighted by Crippen LogP contribution is 2.28. The van der Waals surface area contributed by atoms with E-state index in [4.69, 9.17) is 11.6 Å². The fourth-order valence-corrected chi connectivity index (χ4v) is 2.93. The fourth-order valence-electron chi connectivity index (χ4n) is 2.70. The Balaban J connectivity index is 1.86. The van der Waals surface area contributed by atoms with Gasteiger partial charge in [-0.05, 0) is 23.6 Å². The van der Waals surface area contributed by atoms with Gasteiger partial charge in [0.1, 0.15) is 11.6 Å². The summed E-state index contributed by atoms with van der Waals surface area (Å²) in [6, 6.07) is 7.41. The highest BCUT2D eigenvalue weighted by Gasteiger charge is 2.19. The van der Waals surface area contributed by atoms with Crippen LogP contribution in [0.5, 0.6) is 5.75 Å². The minimum absolute atomic E-state index is 0.285. The molecule has 0 atom stereocenters. The first-order valence-electron chi connectivity index (χ1n) is 6.89. The van der Waals surface area contributed by atoms with E-state index in [-0.39, 0.29) is 5.75 Å². The third kappa shape index (κ3) is 2.67. The number of hydrogen-bond acceptors (Lipinski definition) is 4. The maximum absolute atomic E-state index is 9.70. The largest absolute Gasteiger partial charge is 0.508 e. The van der Waals surface area contributed by atoms with Crippen LogP contribution < -0.4 is 4.90 Å². The lowest BCUT2D eigenvalue weighted by Crippen LogP contribution is -2.47. The number of phenolic OH excluding ortho intramolecular Hbond substituents is 1. The molecule has 0 aliphatic carbocycles. The lowest BCUT2D eigenvalue weighted by Gasteiger charge is -2.35. The Bertz CT molecular complexity index is 597. The quantitative estimate of drug-likeness (QED) is 0.881. The molecule has 5 heteroatoms. The van der Waals surface area contributed by atoms with E-state index in [0.717, 1.165) is 49.3 Å². The van der Waals surface area contributed by atoms with Crippen LogP contribution in [0.3, 0.4) is 0 Å². The van der Waals surface area contributed by atoms with Crippen molar-refractivity contribution in [2.75, 3.05) is 43.5 Å². The van der Waals surface area contributed by atoms with E-state index >= 15 is 0 Å². The Kier molecular flexibility index (Phi) is 3.94. The molecule has 0 saturated carbocycles. The molecule has 0 amide bonds. The number of hydrogen-bond donors (Lipinski definition) is 1. The van der Waals surface area contributed by atoms with Crippen LogP contribution in [0.25, 0.3) is 10.8 Å².